The summed E-state index contributed by atoms with van der Waals surface area (Å²) in [6.45, 7) is 0. The molecule has 144 valence electrons. The highest BCUT2D eigenvalue weighted by molar-refractivity contribution is 6.37. The number of rotatable bonds is 5. The Kier molecular flexibility index (Phi) is 5.82. The first kappa shape index (κ1) is 20.0. The Hall–Kier alpha value is -2.70. The molecule has 1 aromatic heterocycles. The standard InChI is InChI=1S/C20H11Cl2F3O3/c21-12-5-8-14(16(22)11-12)17(26)9-6-13-7-10-18(27-13)15-3-1-2-4-19(15)28-20(23,24)25/h1-11H/b9-6-. The van der Waals surface area contributed by atoms with E-state index in [1.807, 2.05) is 0 Å². The van der Waals surface area contributed by atoms with E-state index in [1.54, 1.807) is 6.07 Å². The van der Waals surface area contributed by atoms with Crippen molar-refractivity contribution in [3.8, 4) is 17.1 Å². The Labute approximate surface area is 167 Å². The van der Waals surface area contributed by atoms with E-state index in [4.69, 9.17) is 27.6 Å². The van der Waals surface area contributed by atoms with Crippen LogP contribution in [-0.4, -0.2) is 12.1 Å². The monoisotopic (exact) mass is 426 g/mol. The second-order valence-electron chi connectivity index (χ2n) is 5.57. The van der Waals surface area contributed by atoms with Crippen molar-refractivity contribution in [3.63, 3.8) is 0 Å². The molecule has 0 radical (unpaired) electrons. The third-order valence-electron chi connectivity index (χ3n) is 3.60. The zero-order valence-electron chi connectivity index (χ0n) is 14.0. The van der Waals surface area contributed by atoms with Gasteiger partial charge in [-0.15, -0.1) is 13.2 Å². The number of para-hydroxylation sites is 1. The molecule has 0 aliphatic heterocycles. The summed E-state index contributed by atoms with van der Waals surface area (Å²) in [7, 11) is 0. The second-order valence-corrected chi connectivity index (χ2v) is 6.41. The van der Waals surface area contributed by atoms with Crippen molar-refractivity contribution in [2.75, 3.05) is 0 Å². The van der Waals surface area contributed by atoms with Crippen molar-refractivity contribution in [1.29, 1.82) is 0 Å². The van der Waals surface area contributed by atoms with E-state index < -0.39 is 6.36 Å². The van der Waals surface area contributed by atoms with E-state index in [-0.39, 0.29) is 39.2 Å². The summed E-state index contributed by atoms with van der Waals surface area (Å²) in [5.74, 6) is -0.323. The minimum absolute atomic E-state index is 0.131. The van der Waals surface area contributed by atoms with Crippen LogP contribution >= 0.6 is 23.2 Å². The van der Waals surface area contributed by atoms with Crippen LogP contribution in [-0.2, 0) is 0 Å². The van der Waals surface area contributed by atoms with Crippen LogP contribution in [0.3, 0.4) is 0 Å². The Morgan fingerprint density at radius 1 is 1.04 bits per heavy atom. The van der Waals surface area contributed by atoms with E-state index in [0.717, 1.165) is 0 Å². The van der Waals surface area contributed by atoms with Crippen molar-refractivity contribution in [2.45, 2.75) is 6.36 Å². The summed E-state index contributed by atoms with van der Waals surface area (Å²) >= 11 is 11.8. The third-order valence-corrected chi connectivity index (χ3v) is 4.15. The highest BCUT2D eigenvalue weighted by Gasteiger charge is 2.32. The smallest absolute Gasteiger partial charge is 0.457 e. The molecule has 8 heteroatoms. The van der Waals surface area contributed by atoms with E-state index in [9.17, 15) is 18.0 Å². The number of ether oxygens (including phenoxy) is 1. The largest absolute Gasteiger partial charge is 0.573 e. The lowest BCUT2D eigenvalue weighted by Gasteiger charge is -2.11. The summed E-state index contributed by atoms with van der Waals surface area (Å²) in [4.78, 5) is 12.2. The van der Waals surface area contributed by atoms with Crippen molar-refractivity contribution in [1.82, 2.24) is 0 Å². The maximum atomic E-state index is 12.6. The highest BCUT2D eigenvalue weighted by atomic mass is 35.5. The van der Waals surface area contributed by atoms with Gasteiger partial charge in [-0.25, -0.2) is 0 Å². The van der Waals surface area contributed by atoms with Gasteiger partial charge in [-0.2, -0.15) is 0 Å². The quantitative estimate of drug-likeness (QED) is 0.324. The fraction of sp³-hybridized carbons (Fsp3) is 0.0500. The van der Waals surface area contributed by atoms with Crippen LogP contribution in [0.4, 0.5) is 13.2 Å². The van der Waals surface area contributed by atoms with Crippen molar-refractivity contribution in [2.24, 2.45) is 0 Å². The molecular weight excluding hydrogens is 416 g/mol. The molecule has 2 aromatic carbocycles. The molecule has 0 amide bonds. The maximum absolute atomic E-state index is 12.6. The molecule has 3 rings (SSSR count). The van der Waals surface area contributed by atoms with Crippen molar-refractivity contribution in [3.05, 3.63) is 82.0 Å². The number of benzene rings is 2. The summed E-state index contributed by atoms with van der Waals surface area (Å²) in [5.41, 5.74) is 0.393. The highest BCUT2D eigenvalue weighted by Crippen LogP contribution is 2.34. The fourth-order valence-corrected chi connectivity index (χ4v) is 2.91. The van der Waals surface area contributed by atoms with Crippen LogP contribution < -0.4 is 4.74 Å². The zero-order valence-corrected chi connectivity index (χ0v) is 15.5. The molecule has 0 unspecified atom stereocenters. The molecule has 0 saturated carbocycles. The van der Waals surface area contributed by atoms with Gasteiger partial charge in [0.2, 0.25) is 0 Å². The number of hydrogen-bond acceptors (Lipinski definition) is 3. The van der Waals surface area contributed by atoms with E-state index in [1.165, 1.54) is 60.7 Å². The average Bonchev–Trinajstić information content (AvgIpc) is 3.07. The van der Waals surface area contributed by atoms with E-state index in [2.05, 4.69) is 4.74 Å². The van der Waals surface area contributed by atoms with Crippen LogP contribution in [0.5, 0.6) is 5.75 Å². The van der Waals surface area contributed by atoms with Crippen LogP contribution in [0.25, 0.3) is 17.4 Å². The normalized spacial score (nSPS) is 11.8. The van der Waals surface area contributed by atoms with Crippen LogP contribution in [0.15, 0.2) is 65.1 Å². The van der Waals surface area contributed by atoms with Gasteiger partial charge in [0.1, 0.15) is 17.3 Å². The predicted molar refractivity (Wildman–Crippen MR) is 101 cm³/mol. The van der Waals surface area contributed by atoms with E-state index >= 15 is 0 Å². The van der Waals surface area contributed by atoms with Crippen LogP contribution in [0.1, 0.15) is 16.1 Å². The first-order chi connectivity index (χ1) is 13.2. The van der Waals surface area contributed by atoms with Gasteiger partial charge < -0.3 is 9.15 Å². The average molecular weight is 427 g/mol. The second kappa shape index (κ2) is 8.12. The third kappa shape index (κ3) is 4.97. The van der Waals surface area contributed by atoms with Crippen LogP contribution in [0, 0.1) is 0 Å². The van der Waals surface area contributed by atoms with Gasteiger partial charge in [-0.05, 0) is 54.6 Å². The fourth-order valence-electron chi connectivity index (χ4n) is 2.41. The Morgan fingerprint density at radius 3 is 2.50 bits per heavy atom. The molecule has 0 fully saturated rings. The number of halogens is 5. The molecule has 3 nitrogen and oxygen atoms in total. The molecule has 0 atom stereocenters. The number of carbonyl (C=O) groups is 1. The summed E-state index contributed by atoms with van der Waals surface area (Å²) in [6.07, 6.45) is -2.18. The van der Waals surface area contributed by atoms with Gasteiger partial charge in [-0.3, -0.25) is 4.79 Å². The van der Waals surface area contributed by atoms with Gasteiger partial charge in [0.15, 0.2) is 5.78 Å². The van der Waals surface area contributed by atoms with Crippen molar-refractivity contribution < 1.29 is 27.1 Å². The Balaban J connectivity index is 1.81. The lowest BCUT2D eigenvalue weighted by atomic mass is 10.1. The van der Waals surface area contributed by atoms with Gasteiger partial charge in [0.25, 0.3) is 0 Å². The molecule has 3 aromatic rings. The number of carbonyl (C=O) groups excluding carboxylic acids is 1. The Bertz CT molecular complexity index is 1040. The van der Waals surface area contributed by atoms with Gasteiger partial charge >= 0.3 is 6.36 Å². The number of furan rings is 1. The van der Waals surface area contributed by atoms with Gasteiger partial charge in [0.05, 0.1) is 10.6 Å². The number of alkyl halides is 3. The Morgan fingerprint density at radius 2 is 1.79 bits per heavy atom. The first-order valence-corrected chi connectivity index (χ1v) is 8.61. The maximum Gasteiger partial charge on any atom is 0.573 e. The van der Waals surface area contributed by atoms with Crippen molar-refractivity contribution >= 4 is 35.1 Å². The molecule has 0 saturated heterocycles. The molecule has 28 heavy (non-hydrogen) atoms. The molecule has 1 heterocycles. The SMILES string of the molecule is O=C(/C=C\c1ccc(-c2ccccc2OC(F)(F)F)o1)c1ccc(Cl)cc1Cl. The molecule has 0 aliphatic rings. The molecule has 0 spiro atoms. The first-order valence-electron chi connectivity index (χ1n) is 7.85. The minimum atomic E-state index is -4.82. The minimum Gasteiger partial charge on any atom is -0.457 e. The summed E-state index contributed by atoms with van der Waals surface area (Å²) < 4.78 is 47.2. The zero-order chi connectivity index (χ0) is 20.3. The molecular formula is C20H11Cl2F3O3. The lowest BCUT2D eigenvalue weighted by molar-refractivity contribution is -0.274. The summed E-state index contributed by atoms with van der Waals surface area (Å²) in [6, 6.07) is 13.1. The van der Waals surface area contributed by atoms with E-state index in [0.29, 0.717) is 5.02 Å². The number of ketones is 1. The topological polar surface area (TPSA) is 39.4 Å². The molecule has 0 aliphatic carbocycles. The summed E-state index contributed by atoms with van der Waals surface area (Å²) in [5, 5.41) is 0.612. The van der Waals surface area contributed by atoms with Gasteiger partial charge in [0, 0.05) is 10.6 Å². The molecule has 0 N–H and O–H groups in total. The van der Waals surface area contributed by atoms with Gasteiger partial charge in [-0.1, -0.05) is 35.3 Å². The number of allylic oxidation sites excluding steroid dienone is 1. The molecule has 0 bridgehead atoms. The lowest BCUT2D eigenvalue weighted by Crippen LogP contribution is -2.17. The van der Waals surface area contributed by atoms with Crippen LogP contribution in [0.2, 0.25) is 10.0 Å². The predicted octanol–water partition coefficient (Wildman–Crippen LogP) is 7.05. The number of hydrogen-bond donors (Lipinski definition) is 0.